The van der Waals surface area contributed by atoms with Crippen LogP contribution < -0.4 is 0 Å². The highest BCUT2D eigenvalue weighted by molar-refractivity contribution is 9.10. The zero-order valence-electron chi connectivity index (χ0n) is 5.29. The Balaban J connectivity index is 2.25. The van der Waals surface area contributed by atoms with Crippen LogP contribution in [0.3, 0.4) is 0 Å². The summed E-state index contributed by atoms with van der Waals surface area (Å²) in [6.07, 6.45) is 6.22. The molecule has 0 atom stereocenters. The van der Waals surface area contributed by atoms with Crippen LogP contribution in [-0.4, -0.2) is 9.20 Å². The molecule has 0 radical (unpaired) electrons. The first kappa shape index (κ1) is 6.48. The van der Waals surface area contributed by atoms with Crippen molar-refractivity contribution in [2.75, 3.05) is 0 Å². The SMILES string of the molecule is ClC12CCC(Br)(CC1)C2. The highest BCUT2D eigenvalue weighted by Crippen LogP contribution is 2.58. The smallest absolute Gasteiger partial charge is 0.0461 e. The lowest BCUT2D eigenvalue weighted by atomic mass is 10.0. The van der Waals surface area contributed by atoms with Gasteiger partial charge in [0.05, 0.1) is 0 Å². The van der Waals surface area contributed by atoms with Gasteiger partial charge < -0.3 is 0 Å². The van der Waals surface area contributed by atoms with E-state index < -0.39 is 0 Å². The normalized spacial score (nSPS) is 56.7. The zero-order valence-corrected chi connectivity index (χ0v) is 7.63. The highest BCUT2D eigenvalue weighted by atomic mass is 79.9. The summed E-state index contributed by atoms with van der Waals surface area (Å²) in [6, 6.07) is 0. The fraction of sp³-hybridized carbons (Fsp3) is 1.00. The van der Waals surface area contributed by atoms with Crippen molar-refractivity contribution < 1.29 is 0 Å². The molecule has 0 nitrogen and oxygen atoms in total. The van der Waals surface area contributed by atoms with Crippen LogP contribution in [-0.2, 0) is 0 Å². The van der Waals surface area contributed by atoms with E-state index in [1.165, 1.54) is 32.1 Å². The van der Waals surface area contributed by atoms with Gasteiger partial charge >= 0.3 is 0 Å². The van der Waals surface area contributed by atoms with Crippen LogP contribution in [0.2, 0.25) is 0 Å². The van der Waals surface area contributed by atoms with Crippen molar-refractivity contribution in [1.82, 2.24) is 0 Å². The van der Waals surface area contributed by atoms with Gasteiger partial charge in [-0.05, 0) is 32.1 Å². The molecule has 0 N–H and O–H groups in total. The number of rotatable bonds is 0. The van der Waals surface area contributed by atoms with Gasteiger partial charge in [-0.2, -0.15) is 0 Å². The summed E-state index contributed by atoms with van der Waals surface area (Å²) in [7, 11) is 0. The fourth-order valence-corrected chi connectivity index (χ4v) is 3.61. The molecule has 0 heterocycles. The molecule has 0 aromatic rings. The number of hydrogen-bond donors (Lipinski definition) is 0. The first-order chi connectivity index (χ1) is 4.12. The molecule has 0 aromatic carbocycles. The topological polar surface area (TPSA) is 0 Å². The van der Waals surface area contributed by atoms with Gasteiger partial charge in [0, 0.05) is 9.20 Å². The molecule has 0 unspecified atom stereocenters. The van der Waals surface area contributed by atoms with Gasteiger partial charge in [0.25, 0.3) is 0 Å². The maximum atomic E-state index is 6.26. The van der Waals surface area contributed by atoms with E-state index in [0.29, 0.717) is 4.32 Å². The summed E-state index contributed by atoms with van der Waals surface area (Å²) in [6.45, 7) is 0. The van der Waals surface area contributed by atoms with Crippen molar-refractivity contribution in [2.24, 2.45) is 0 Å². The van der Waals surface area contributed by atoms with Gasteiger partial charge in [-0.25, -0.2) is 0 Å². The van der Waals surface area contributed by atoms with E-state index in [1.807, 2.05) is 0 Å². The van der Waals surface area contributed by atoms with Crippen LogP contribution in [0.5, 0.6) is 0 Å². The highest BCUT2D eigenvalue weighted by Gasteiger charge is 2.51. The molecular formula is C7H10BrCl. The molecule has 2 heteroatoms. The Morgan fingerprint density at radius 3 is 1.78 bits per heavy atom. The molecule has 0 amide bonds. The average Bonchev–Trinajstić information content (AvgIpc) is 2.19. The molecule has 2 saturated carbocycles. The Morgan fingerprint density at radius 1 is 1.11 bits per heavy atom. The lowest BCUT2D eigenvalue weighted by Gasteiger charge is -2.18. The number of halogens is 2. The van der Waals surface area contributed by atoms with Crippen LogP contribution in [0.15, 0.2) is 0 Å². The van der Waals surface area contributed by atoms with Crippen molar-refractivity contribution in [3.63, 3.8) is 0 Å². The van der Waals surface area contributed by atoms with E-state index in [4.69, 9.17) is 11.6 Å². The Kier molecular flexibility index (Phi) is 1.21. The molecule has 52 valence electrons. The van der Waals surface area contributed by atoms with E-state index in [0.717, 1.165) is 0 Å². The van der Waals surface area contributed by atoms with Gasteiger partial charge in [0.1, 0.15) is 0 Å². The first-order valence-electron chi connectivity index (χ1n) is 3.50. The largest absolute Gasteiger partial charge is 0.119 e. The number of alkyl halides is 2. The zero-order chi connectivity index (χ0) is 6.54. The molecule has 2 fully saturated rings. The number of hydrogen-bond acceptors (Lipinski definition) is 0. The van der Waals surface area contributed by atoms with E-state index >= 15 is 0 Å². The minimum atomic E-state index is 0.198. The second-order valence-corrected chi connectivity index (χ2v) is 5.96. The second-order valence-electron chi connectivity index (χ2n) is 3.48. The van der Waals surface area contributed by atoms with Gasteiger partial charge in [0.2, 0.25) is 0 Å². The van der Waals surface area contributed by atoms with Gasteiger partial charge in [0.15, 0.2) is 0 Å². The maximum Gasteiger partial charge on any atom is 0.0461 e. The Hall–Kier alpha value is 0.770. The van der Waals surface area contributed by atoms with Gasteiger partial charge in [-0.3, -0.25) is 0 Å². The molecule has 0 spiro atoms. The van der Waals surface area contributed by atoms with E-state index in [1.54, 1.807) is 0 Å². The molecule has 0 aliphatic heterocycles. The van der Waals surface area contributed by atoms with Gasteiger partial charge in [-0.15, -0.1) is 11.6 Å². The second kappa shape index (κ2) is 1.68. The summed E-state index contributed by atoms with van der Waals surface area (Å²) in [5, 5.41) is 0. The predicted octanol–water partition coefficient (Wildman–Crippen LogP) is 3.08. The summed E-state index contributed by atoms with van der Waals surface area (Å²) in [5.74, 6) is 0. The molecule has 2 aliphatic carbocycles. The Labute approximate surface area is 69.1 Å². The third-order valence-electron chi connectivity index (χ3n) is 2.68. The maximum absolute atomic E-state index is 6.26. The fourth-order valence-electron chi connectivity index (χ4n) is 2.07. The molecule has 0 saturated heterocycles. The predicted molar refractivity (Wildman–Crippen MR) is 43.3 cm³/mol. The van der Waals surface area contributed by atoms with Crippen LogP contribution in [0, 0.1) is 0 Å². The summed E-state index contributed by atoms with van der Waals surface area (Å²) in [5.41, 5.74) is 0. The molecule has 2 aliphatic rings. The van der Waals surface area contributed by atoms with E-state index in [2.05, 4.69) is 15.9 Å². The van der Waals surface area contributed by atoms with Crippen molar-refractivity contribution in [2.45, 2.75) is 41.3 Å². The Morgan fingerprint density at radius 2 is 1.67 bits per heavy atom. The van der Waals surface area contributed by atoms with E-state index in [9.17, 15) is 0 Å². The third kappa shape index (κ3) is 0.932. The van der Waals surface area contributed by atoms with Crippen LogP contribution in [0.4, 0.5) is 0 Å². The standard InChI is InChI=1S/C7H10BrCl/c8-6-1-3-7(9,5-6)4-2-6/h1-5H2. The average molecular weight is 210 g/mol. The van der Waals surface area contributed by atoms with E-state index in [-0.39, 0.29) is 4.87 Å². The molecule has 0 aromatic heterocycles. The van der Waals surface area contributed by atoms with Crippen LogP contribution >= 0.6 is 27.5 Å². The van der Waals surface area contributed by atoms with Crippen molar-refractivity contribution in [1.29, 1.82) is 0 Å². The molecular weight excluding hydrogens is 199 g/mol. The lowest BCUT2D eigenvalue weighted by molar-refractivity contribution is 0.528. The quantitative estimate of drug-likeness (QED) is 0.538. The van der Waals surface area contributed by atoms with Gasteiger partial charge in [-0.1, -0.05) is 15.9 Å². The monoisotopic (exact) mass is 208 g/mol. The number of fused-ring (bicyclic) bond motifs is 2. The molecule has 2 bridgehead atoms. The van der Waals surface area contributed by atoms with Crippen LogP contribution in [0.25, 0.3) is 0 Å². The first-order valence-corrected chi connectivity index (χ1v) is 4.67. The molecule has 2 rings (SSSR count). The van der Waals surface area contributed by atoms with Crippen molar-refractivity contribution in [3.05, 3.63) is 0 Å². The lowest BCUT2D eigenvalue weighted by Crippen LogP contribution is -2.13. The molecule has 9 heavy (non-hydrogen) atoms. The summed E-state index contributed by atoms with van der Waals surface area (Å²) in [4.78, 5) is 0.198. The Bertz CT molecular complexity index is 120. The summed E-state index contributed by atoms with van der Waals surface area (Å²) < 4.78 is 0.453. The minimum Gasteiger partial charge on any atom is -0.119 e. The summed E-state index contributed by atoms with van der Waals surface area (Å²) >= 11 is 9.99. The van der Waals surface area contributed by atoms with Crippen molar-refractivity contribution >= 4 is 27.5 Å². The van der Waals surface area contributed by atoms with Crippen LogP contribution in [0.1, 0.15) is 32.1 Å². The third-order valence-corrected chi connectivity index (χ3v) is 4.26. The van der Waals surface area contributed by atoms with Crippen molar-refractivity contribution in [3.8, 4) is 0 Å². The minimum absolute atomic E-state index is 0.198.